The second kappa shape index (κ2) is 7.38. The van der Waals surface area contributed by atoms with Crippen LogP contribution in [-0.4, -0.2) is 37.8 Å². The van der Waals surface area contributed by atoms with E-state index in [2.05, 4.69) is 5.32 Å². The number of amides is 1. The van der Waals surface area contributed by atoms with Crippen molar-refractivity contribution < 1.29 is 24.2 Å². The summed E-state index contributed by atoms with van der Waals surface area (Å²) in [4.78, 5) is 22.6. The minimum absolute atomic E-state index is 0.0576. The maximum atomic E-state index is 11.9. The van der Waals surface area contributed by atoms with Crippen LogP contribution in [0.2, 0.25) is 0 Å². The number of ether oxygens (including phenoxy) is 2. The van der Waals surface area contributed by atoms with E-state index >= 15 is 0 Å². The van der Waals surface area contributed by atoms with E-state index in [4.69, 9.17) is 14.6 Å². The summed E-state index contributed by atoms with van der Waals surface area (Å²) in [5.74, 6) is -1.55. The van der Waals surface area contributed by atoms with Gasteiger partial charge in [-0.05, 0) is 12.1 Å². The molecule has 2 N–H and O–H groups in total. The fourth-order valence-corrected chi connectivity index (χ4v) is 1.58. The molecular formula is C13H17NO5. The number of nitrogens with one attached hydrogen (secondary N) is 1. The predicted molar refractivity (Wildman–Crippen MR) is 69.2 cm³/mol. The Hall–Kier alpha value is -2.08. The second-order valence-corrected chi connectivity index (χ2v) is 3.97. The van der Waals surface area contributed by atoms with Crippen LogP contribution in [-0.2, 0) is 14.3 Å². The fourth-order valence-electron chi connectivity index (χ4n) is 1.58. The zero-order valence-corrected chi connectivity index (χ0v) is 10.9. The van der Waals surface area contributed by atoms with Gasteiger partial charge in [-0.3, -0.25) is 9.59 Å². The van der Waals surface area contributed by atoms with Gasteiger partial charge in [0, 0.05) is 18.9 Å². The Kier molecular flexibility index (Phi) is 5.81. The molecule has 0 heterocycles. The summed E-state index contributed by atoms with van der Waals surface area (Å²) >= 11 is 0. The van der Waals surface area contributed by atoms with Gasteiger partial charge in [-0.2, -0.15) is 0 Å². The van der Waals surface area contributed by atoms with Gasteiger partial charge in [0.1, 0.15) is 5.75 Å². The Balaban J connectivity index is 2.71. The highest BCUT2D eigenvalue weighted by Gasteiger charge is 2.21. The third-order valence-electron chi connectivity index (χ3n) is 2.50. The van der Waals surface area contributed by atoms with Crippen molar-refractivity contribution in [3.8, 4) is 5.75 Å². The molecule has 0 aliphatic rings. The number of carbonyl (C=O) groups excluding carboxylic acids is 1. The first-order valence-corrected chi connectivity index (χ1v) is 5.72. The van der Waals surface area contributed by atoms with Crippen LogP contribution < -0.4 is 10.1 Å². The molecule has 0 radical (unpaired) electrons. The van der Waals surface area contributed by atoms with Crippen molar-refractivity contribution in [1.29, 1.82) is 0 Å². The Labute approximate surface area is 111 Å². The summed E-state index contributed by atoms with van der Waals surface area (Å²) in [6.07, 6.45) is -0.274. The molecule has 104 valence electrons. The Morgan fingerprint density at radius 3 is 2.68 bits per heavy atom. The average molecular weight is 267 g/mol. The van der Waals surface area contributed by atoms with Gasteiger partial charge in [0.25, 0.3) is 0 Å². The molecule has 1 atom stereocenters. The molecule has 6 nitrogen and oxygen atoms in total. The van der Waals surface area contributed by atoms with Crippen LogP contribution >= 0.6 is 0 Å². The minimum atomic E-state index is -1.04. The summed E-state index contributed by atoms with van der Waals surface area (Å²) < 4.78 is 9.90. The molecule has 1 unspecified atom stereocenters. The van der Waals surface area contributed by atoms with Crippen molar-refractivity contribution in [2.45, 2.75) is 6.42 Å². The van der Waals surface area contributed by atoms with Crippen molar-refractivity contribution in [3.05, 3.63) is 24.3 Å². The molecule has 1 rings (SSSR count). The lowest BCUT2D eigenvalue weighted by molar-refractivity contribution is -0.141. The highest BCUT2D eigenvalue weighted by atomic mass is 16.5. The van der Waals surface area contributed by atoms with E-state index in [9.17, 15) is 9.59 Å². The summed E-state index contributed by atoms with van der Waals surface area (Å²) in [6.45, 7) is 0.0576. The molecule has 1 aromatic carbocycles. The van der Waals surface area contributed by atoms with Gasteiger partial charge in [-0.25, -0.2) is 0 Å². The third kappa shape index (κ3) is 4.97. The highest BCUT2D eigenvalue weighted by Crippen LogP contribution is 2.18. The maximum Gasteiger partial charge on any atom is 0.304 e. The van der Waals surface area contributed by atoms with Crippen LogP contribution in [0.25, 0.3) is 0 Å². The third-order valence-corrected chi connectivity index (χ3v) is 2.50. The molecular weight excluding hydrogens is 250 g/mol. The molecule has 0 saturated carbocycles. The number of aliphatic carboxylic acids is 1. The minimum Gasteiger partial charge on any atom is -0.497 e. The van der Waals surface area contributed by atoms with E-state index in [1.807, 2.05) is 0 Å². The summed E-state index contributed by atoms with van der Waals surface area (Å²) in [5, 5.41) is 11.4. The average Bonchev–Trinajstić information content (AvgIpc) is 2.38. The smallest absolute Gasteiger partial charge is 0.304 e. The maximum absolute atomic E-state index is 11.9. The Bertz CT molecular complexity index is 446. The molecule has 0 bridgehead atoms. The Morgan fingerprint density at radius 2 is 2.11 bits per heavy atom. The first-order valence-electron chi connectivity index (χ1n) is 5.72. The molecule has 1 aromatic rings. The van der Waals surface area contributed by atoms with Crippen molar-refractivity contribution in [3.63, 3.8) is 0 Å². The number of carboxylic acids is 1. The number of anilines is 1. The Morgan fingerprint density at radius 1 is 1.37 bits per heavy atom. The van der Waals surface area contributed by atoms with E-state index in [0.29, 0.717) is 11.4 Å². The fraction of sp³-hybridized carbons (Fsp3) is 0.385. The number of rotatable bonds is 7. The van der Waals surface area contributed by atoms with Crippen LogP contribution in [0.15, 0.2) is 24.3 Å². The molecule has 0 fully saturated rings. The summed E-state index contributed by atoms with van der Waals surface area (Å²) in [6, 6.07) is 6.84. The number of hydrogen-bond donors (Lipinski definition) is 2. The van der Waals surface area contributed by atoms with E-state index < -0.39 is 17.8 Å². The van der Waals surface area contributed by atoms with Crippen LogP contribution in [0, 0.1) is 5.92 Å². The van der Waals surface area contributed by atoms with Crippen molar-refractivity contribution >= 4 is 17.6 Å². The largest absolute Gasteiger partial charge is 0.497 e. The molecule has 0 aromatic heterocycles. The first kappa shape index (κ1) is 15.0. The van der Waals surface area contributed by atoms with E-state index in [-0.39, 0.29) is 13.0 Å². The normalized spacial score (nSPS) is 11.7. The second-order valence-electron chi connectivity index (χ2n) is 3.97. The first-order chi connectivity index (χ1) is 9.06. The topological polar surface area (TPSA) is 84.9 Å². The molecule has 0 aliphatic carbocycles. The van der Waals surface area contributed by atoms with Crippen LogP contribution in [0.1, 0.15) is 6.42 Å². The van der Waals surface area contributed by atoms with Crippen LogP contribution in [0.5, 0.6) is 5.75 Å². The van der Waals surface area contributed by atoms with Crippen molar-refractivity contribution in [1.82, 2.24) is 0 Å². The zero-order valence-electron chi connectivity index (χ0n) is 10.9. The SMILES string of the molecule is COCC(CC(=O)O)C(=O)Nc1cccc(OC)c1. The van der Waals surface area contributed by atoms with Crippen molar-refractivity contribution in [2.75, 3.05) is 26.1 Å². The van der Waals surface area contributed by atoms with Gasteiger partial charge in [0.05, 0.1) is 26.1 Å². The summed E-state index contributed by atoms with van der Waals surface area (Å²) in [5.41, 5.74) is 0.552. The molecule has 0 aliphatic heterocycles. The number of benzene rings is 1. The lowest BCUT2D eigenvalue weighted by Gasteiger charge is -2.14. The van der Waals surface area contributed by atoms with E-state index in [1.54, 1.807) is 24.3 Å². The molecule has 0 saturated heterocycles. The highest BCUT2D eigenvalue weighted by molar-refractivity contribution is 5.94. The van der Waals surface area contributed by atoms with Gasteiger partial charge in [0.15, 0.2) is 0 Å². The number of carbonyl (C=O) groups is 2. The van der Waals surface area contributed by atoms with Crippen LogP contribution in [0.3, 0.4) is 0 Å². The van der Waals surface area contributed by atoms with Gasteiger partial charge < -0.3 is 19.9 Å². The van der Waals surface area contributed by atoms with Gasteiger partial charge >= 0.3 is 5.97 Å². The lowest BCUT2D eigenvalue weighted by Crippen LogP contribution is -2.28. The molecule has 6 heteroatoms. The van der Waals surface area contributed by atoms with Gasteiger partial charge in [0.2, 0.25) is 5.91 Å². The van der Waals surface area contributed by atoms with E-state index in [1.165, 1.54) is 14.2 Å². The van der Waals surface area contributed by atoms with Crippen LogP contribution in [0.4, 0.5) is 5.69 Å². The van der Waals surface area contributed by atoms with E-state index in [0.717, 1.165) is 0 Å². The molecule has 19 heavy (non-hydrogen) atoms. The predicted octanol–water partition coefficient (Wildman–Crippen LogP) is 1.37. The van der Waals surface area contributed by atoms with Gasteiger partial charge in [-0.15, -0.1) is 0 Å². The van der Waals surface area contributed by atoms with Gasteiger partial charge in [-0.1, -0.05) is 6.07 Å². The number of methoxy groups -OCH3 is 2. The standard InChI is InChI=1S/C13H17NO5/c1-18-8-9(6-12(15)16)13(17)14-10-4-3-5-11(7-10)19-2/h3-5,7,9H,6,8H2,1-2H3,(H,14,17)(H,15,16). The quantitative estimate of drug-likeness (QED) is 0.779. The lowest BCUT2D eigenvalue weighted by atomic mass is 10.1. The zero-order chi connectivity index (χ0) is 14.3. The molecule has 1 amide bonds. The monoisotopic (exact) mass is 267 g/mol. The number of hydrogen-bond acceptors (Lipinski definition) is 4. The summed E-state index contributed by atoms with van der Waals surface area (Å²) in [7, 11) is 2.95. The number of carboxylic acid groups (broad SMARTS) is 1. The van der Waals surface area contributed by atoms with Crippen molar-refractivity contribution in [2.24, 2.45) is 5.92 Å². The molecule has 0 spiro atoms.